The molecule has 208 valence electrons. The van der Waals surface area contributed by atoms with Gasteiger partial charge in [0.05, 0.1) is 12.7 Å². The SMILES string of the molecule is C=C(CC(=O)CCC1(CC)CCCC(C(=O)C=C2CCCCCCC2)CC1)c1c(C)cccc1C(=O)OC. The zero-order chi connectivity index (χ0) is 27.5. The third-order valence-electron chi connectivity index (χ3n) is 9.15. The second-order valence-corrected chi connectivity index (χ2v) is 11.8. The van der Waals surface area contributed by atoms with Crippen molar-refractivity contribution in [2.45, 2.75) is 117 Å². The Morgan fingerprint density at radius 2 is 1.74 bits per heavy atom. The fraction of sp³-hybridized carbons (Fsp3) is 0.618. The van der Waals surface area contributed by atoms with Gasteiger partial charge in [-0.05, 0) is 99.0 Å². The molecular formula is C34H48O4. The van der Waals surface area contributed by atoms with E-state index in [9.17, 15) is 14.4 Å². The van der Waals surface area contributed by atoms with Crippen molar-refractivity contribution in [3.05, 3.63) is 53.1 Å². The molecule has 2 atom stereocenters. The van der Waals surface area contributed by atoms with Crippen LogP contribution in [0.25, 0.3) is 5.57 Å². The Hall–Kier alpha value is -2.49. The van der Waals surface area contributed by atoms with Gasteiger partial charge in [-0.15, -0.1) is 0 Å². The molecule has 38 heavy (non-hydrogen) atoms. The van der Waals surface area contributed by atoms with Crippen LogP contribution in [0.1, 0.15) is 131 Å². The van der Waals surface area contributed by atoms with Crippen LogP contribution in [0.5, 0.6) is 0 Å². The van der Waals surface area contributed by atoms with Crippen molar-refractivity contribution in [1.29, 1.82) is 0 Å². The first-order valence-corrected chi connectivity index (χ1v) is 14.9. The summed E-state index contributed by atoms with van der Waals surface area (Å²) in [4.78, 5) is 38.5. The van der Waals surface area contributed by atoms with Crippen LogP contribution in [0, 0.1) is 18.3 Å². The lowest BCUT2D eigenvalue weighted by Gasteiger charge is -2.32. The standard InChI is InChI=1S/C34H48O4/c1-5-34(20-12-16-28(18-21-34)31(36)24-27-14-9-7-6-8-10-15-27)22-19-29(35)23-26(3)32-25(2)13-11-17-30(32)33(37)38-4/h11,13,17,24,28H,3,5-10,12,14-16,18-23H2,1-2,4H3. The largest absolute Gasteiger partial charge is 0.465 e. The molecule has 4 nitrogen and oxygen atoms in total. The lowest BCUT2D eigenvalue weighted by Crippen LogP contribution is -2.21. The smallest absolute Gasteiger partial charge is 0.338 e. The van der Waals surface area contributed by atoms with Crippen molar-refractivity contribution in [3.8, 4) is 0 Å². The molecule has 0 amide bonds. The average molecular weight is 521 g/mol. The molecule has 2 aliphatic rings. The van der Waals surface area contributed by atoms with Crippen molar-refractivity contribution in [2.24, 2.45) is 11.3 Å². The van der Waals surface area contributed by atoms with E-state index in [4.69, 9.17) is 4.74 Å². The maximum absolute atomic E-state index is 13.2. The van der Waals surface area contributed by atoms with Gasteiger partial charge in [-0.2, -0.15) is 0 Å². The molecule has 0 aliphatic heterocycles. The van der Waals surface area contributed by atoms with Gasteiger partial charge in [0.1, 0.15) is 5.78 Å². The number of ether oxygens (including phenoxy) is 1. The molecule has 1 aromatic carbocycles. The minimum absolute atomic E-state index is 0.124. The number of carbonyl (C=O) groups excluding carboxylic acids is 3. The summed E-state index contributed by atoms with van der Waals surface area (Å²) in [6.07, 6.45) is 18.2. The highest BCUT2D eigenvalue weighted by Crippen LogP contribution is 2.44. The minimum atomic E-state index is -0.407. The Labute approximate surface area is 230 Å². The van der Waals surface area contributed by atoms with Crippen LogP contribution in [0.4, 0.5) is 0 Å². The van der Waals surface area contributed by atoms with Gasteiger partial charge in [-0.25, -0.2) is 4.79 Å². The molecule has 0 heterocycles. The number of esters is 1. The highest BCUT2D eigenvalue weighted by molar-refractivity contribution is 5.99. The first-order valence-electron chi connectivity index (χ1n) is 14.9. The number of methoxy groups -OCH3 is 1. The van der Waals surface area contributed by atoms with E-state index in [1.807, 2.05) is 25.1 Å². The van der Waals surface area contributed by atoms with Crippen LogP contribution in [0.15, 0.2) is 36.4 Å². The van der Waals surface area contributed by atoms with Gasteiger partial charge in [0, 0.05) is 18.8 Å². The first kappa shape index (κ1) is 30.1. The Morgan fingerprint density at radius 3 is 2.42 bits per heavy atom. The Balaban J connectivity index is 1.57. The normalized spacial score (nSPS) is 22.5. The van der Waals surface area contributed by atoms with Gasteiger partial charge in [-0.1, -0.05) is 63.3 Å². The van der Waals surface area contributed by atoms with E-state index < -0.39 is 5.97 Å². The highest BCUT2D eigenvalue weighted by Gasteiger charge is 2.33. The number of benzene rings is 1. The van der Waals surface area contributed by atoms with Gasteiger partial charge in [0.15, 0.2) is 5.78 Å². The van der Waals surface area contributed by atoms with E-state index in [2.05, 4.69) is 13.5 Å². The topological polar surface area (TPSA) is 60.4 Å². The highest BCUT2D eigenvalue weighted by atomic mass is 16.5. The second-order valence-electron chi connectivity index (χ2n) is 11.8. The Kier molecular flexibility index (Phi) is 11.6. The molecule has 0 spiro atoms. The molecule has 0 saturated heterocycles. The second kappa shape index (κ2) is 14.6. The average Bonchev–Trinajstić information content (AvgIpc) is 3.11. The maximum Gasteiger partial charge on any atom is 0.338 e. The fourth-order valence-electron chi connectivity index (χ4n) is 6.60. The number of ketones is 2. The third kappa shape index (κ3) is 8.25. The summed E-state index contributed by atoms with van der Waals surface area (Å²) in [6, 6.07) is 5.48. The van der Waals surface area contributed by atoms with Gasteiger partial charge < -0.3 is 4.74 Å². The van der Waals surface area contributed by atoms with Gasteiger partial charge in [0.25, 0.3) is 0 Å². The zero-order valence-electron chi connectivity index (χ0n) is 24.0. The molecule has 4 heteroatoms. The van der Waals surface area contributed by atoms with Crippen LogP contribution in [-0.2, 0) is 14.3 Å². The predicted octanol–water partition coefficient (Wildman–Crippen LogP) is 8.75. The molecule has 0 radical (unpaired) electrons. The van der Waals surface area contributed by atoms with Crippen molar-refractivity contribution in [1.82, 2.24) is 0 Å². The monoisotopic (exact) mass is 520 g/mol. The summed E-state index contributed by atoms with van der Waals surface area (Å²) in [7, 11) is 1.37. The lowest BCUT2D eigenvalue weighted by molar-refractivity contribution is -0.119. The fourth-order valence-corrected chi connectivity index (χ4v) is 6.60. The molecule has 0 bridgehead atoms. The Morgan fingerprint density at radius 1 is 1.03 bits per heavy atom. The van der Waals surface area contributed by atoms with Crippen LogP contribution in [-0.4, -0.2) is 24.6 Å². The molecule has 2 unspecified atom stereocenters. The molecule has 0 aromatic heterocycles. The number of rotatable bonds is 10. The third-order valence-corrected chi connectivity index (χ3v) is 9.15. The molecular weight excluding hydrogens is 472 g/mol. The Bertz CT molecular complexity index is 1020. The molecule has 2 saturated carbocycles. The van der Waals surface area contributed by atoms with Gasteiger partial charge in [-0.3, -0.25) is 9.59 Å². The quantitative estimate of drug-likeness (QED) is 0.176. The van der Waals surface area contributed by atoms with Gasteiger partial charge >= 0.3 is 5.97 Å². The van der Waals surface area contributed by atoms with Crippen LogP contribution in [0.3, 0.4) is 0 Å². The summed E-state index contributed by atoms with van der Waals surface area (Å²) in [5, 5.41) is 0. The van der Waals surface area contributed by atoms with E-state index in [1.54, 1.807) is 6.07 Å². The number of carbonyl (C=O) groups is 3. The van der Waals surface area contributed by atoms with E-state index in [1.165, 1.54) is 44.8 Å². The number of allylic oxidation sites excluding steroid dienone is 3. The number of hydrogen-bond acceptors (Lipinski definition) is 4. The maximum atomic E-state index is 13.2. The van der Waals surface area contributed by atoms with Gasteiger partial charge in [0.2, 0.25) is 0 Å². The molecule has 2 fully saturated rings. The summed E-state index contributed by atoms with van der Waals surface area (Å²) >= 11 is 0. The van der Waals surface area contributed by atoms with Crippen molar-refractivity contribution in [2.75, 3.05) is 7.11 Å². The van der Waals surface area contributed by atoms with E-state index in [0.717, 1.165) is 68.9 Å². The van der Waals surface area contributed by atoms with Crippen molar-refractivity contribution >= 4 is 23.1 Å². The lowest BCUT2D eigenvalue weighted by atomic mass is 9.73. The predicted molar refractivity (Wildman–Crippen MR) is 155 cm³/mol. The number of aryl methyl sites for hydroxylation is 1. The number of Topliss-reactive ketones (excluding diaryl/α,β-unsaturated/α-hetero) is 1. The van der Waals surface area contributed by atoms with E-state index >= 15 is 0 Å². The number of hydrogen-bond donors (Lipinski definition) is 0. The van der Waals surface area contributed by atoms with Crippen molar-refractivity contribution in [3.63, 3.8) is 0 Å². The zero-order valence-corrected chi connectivity index (χ0v) is 24.0. The molecule has 1 aromatic rings. The van der Waals surface area contributed by atoms with Crippen LogP contribution >= 0.6 is 0 Å². The molecule has 2 aliphatic carbocycles. The summed E-state index contributed by atoms with van der Waals surface area (Å²) in [6.45, 7) is 8.33. The van der Waals surface area contributed by atoms with E-state index in [-0.39, 0.29) is 23.5 Å². The summed E-state index contributed by atoms with van der Waals surface area (Å²) in [5.74, 6) is 0.233. The minimum Gasteiger partial charge on any atom is -0.465 e. The van der Waals surface area contributed by atoms with Crippen LogP contribution in [0.2, 0.25) is 0 Å². The first-order chi connectivity index (χ1) is 18.3. The summed E-state index contributed by atoms with van der Waals surface area (Å²) in [5.41, 5.74) is 4.28. The summed E-state index contributed by atoms with van der Waals surface area (Å²) < 4.78 is 4.94. The van der Waals surface area contributed by atoms with Crippen LogP contribution < -0.4 is 0 Å². The van der Waals surface area contributed by atoms with Crippen molar-refractivity contribution < 1.29 is 19.1 Å². The molecule has 3 rings (SSSR count). The van der Waals surface area contributed by atoms with E-state index in [0.29, 0.717) is 23.3 Å². The molecule has 0 N–H and O–H groups in total.